The fourth-order valence-electron chi connectivity index (χ4n) is 0.888. The zero-order chi connectivity index (χ0) is 18.0. The molecule has 0 saturated heterocycles. The maximum atomic E-state index is 9.90. The van der Waals surface area contributed by atoms with Gasteiger partial charge < -0.3 is 56.2 Å². The zero-order valence-corrected chi connectivity index (χ0v) is 11.5. The molecule has 0 aliphatic heterocycles. The maximum absolute atomic E-state index is 9.90. The third-order valence-electron chi connectivity index (χ3n) is 2.23. The quantitative estimate of drug-likeness (QED) is 0.185. The van der Waals surface area contributed by atoms with E-state index in [1.165, 1.54) is 0 Å². The first-order chi connectivity index (χ1) is 10.0. The summed E-state index contributed by atoms with van der Waals surface area (Å²) >= 11 is 0. The molecule has 0 amide bonds. The third kappa shape index (κ3) is 9.82. The van der Waals surface area contributed by atoms with Crippen molar-refractivity contribution in [1.82, 2.24) is 0 Å². The monoisotopic (exact) mass is 348 g/mol. The molecule has 0 radical (unpaired) electrons. The van der Waals surface area contributed by atoms with Gasteiger partial charge in [0.25, 0.3) is 0 Å². The highest BCUT2D eigenvalue weighted by molar-refractivity contribution is 5.83. The Balaban J connectivity index is -0.000000338. The molecule has 0 spiro atoms. The lowest BCUT2D eigenvalue weighted by Crippen LogP contribution is -2.46. The Morgan fingerprint density at radius 1 is 0.826 bits per heavy atom. The van der Waals surface area contributed by atoms with Crippen LogP contribution in [0.2, 0.25) is 0 Å². The minimum Gasteiger partial charge on any atom is -0.479 e. The Morgan fingerprint density at radius 3 is 1.39 bits per heavy atom. The van der Waals surface area contributed by atoms with E-state index < -0.39 is 55.2 Å². The van der Waals surface area contributed by atoms with E-state index in [4.69, 9.17) is 46.0 Å². The number of carboxylic acids is 2. The maximum Gasteiger partial charge on any atom is 0.335 e. The fraction of sp³-hybridized carbons (Fsp3) is 0.700. The van der Waals surface area contributed by atoms with Crippen molar-refractivity contribution >= 4 is 18.2 Å². The molecule has 0 saturated carbocycles. The van der Waals surface area contributed by atoms with E-state index in [0.29, 0.717) is 0 Å². The molecule has 11 N–H and O–H groups in total. The van der Waals surface area contributed by atoms with Gasteiger partial charge in [-0.3, -0.25) is 0 Å². The molecule has 0 aromatic heterocycles. The first-order valence-electron chi connectivity index (χ1n) is 5.61. The van der Waals surface area contributed by atoms with E-state index in [2.05, 4.69) is 0 Å². The van der Waals surface area contributed by atoms with Gasteiger partial charge in [0.2, 0.25) is 0 Å². The highest BCUT2D eigenvalue weighted by Gasteiger charge is 2.30. The number of aliphatic hydroxyl groups is 7. The number of carboxylic acid groups (broad SMARTS) is 2. The van der Waals surface area contributed by atoms with Crippen LogP contribution in [0.4, 0.5) is 0 Å². The van der Waals surface area contributed by atoms with Crippen molar-refractivity contribution < 1.29 is 65.8 Å². The van der Waals surface area contributed by atoms with Crippen LogP contribution in [0.3, 0.4) is 0 Å². The summed E-state index contributed by atoms with van der Waals surface area (Å²) in [6, 6.07) is 0. The molecule has 0 aliphatic carbocycles. The van der Waals surface area contributed by atoms with Crippen molar-refractivity contribution in [2.45, 2.75) is 36.6 Å². The minimum atomic E-state index is -2.27. The van der Waals surface area contributed by atoms with Crippen molar-refractivity contribution in [3.05, 3.63) is 0 Å². The summed E-state index contributed by atoms with van der Waals surface area (Å²) in [5.74, 6) is -3.54. The smallest absolute Gasteiger partial charge is 0.335 e. The van der Waals surface area contributed by atoms with E-state index in [0.717, 1.165) is 0 Å². The van der Waals surface area contributed by atoms with Crippen LogP contribution >= 0.6 is 0 Å². The lowest BCUT2D eigenvalue weighted by atomic mass is 10.0. The van der Waals surface area contributed by atoms with Gasteiger partial charge in [-0.05, 0) is 0 Å². The summed E-state index contributed by atoms with van der Waals surface area (Å²) in [4.78, 5) is 29.4. The SMILES string of the molecule is O.O=C(O)C(O)C(O)C(=O)O.O=C[C@H](O)[C@@H](O)[C@H](O)[C@H](O)CO. The van der Waals surface area contributed by atoms with Gasteiger partial charge in [0.15, 0.2) is 18.5 Å². The van der Waals surface area contributed by atoms with Crippen molar-refractivity contribution in [1.29, 1.82) is 0 Å². The Kier molecular flexibility index (Phi) is 14.6. The first kappa shape index (κ1) is 26.2. The first-order valence-corrected chi connectivity index (χ1v) is 5.61. The van der Waals surface area contributed by atoms with E-state index in [1.807, 2.05) is 0 Å². The second-order valence-corrected chi connectivity index (χ2v) is 3.92. The zero-order valence-electron chi connectivity index (χ0n) is 11.5. The van der Waals surface area contributed by atoms with Gasteiger partial charge in [-0.15, -0.1) is 0 Å². The van der Waals surface area contributed by atoms with Gasteiger partial charge >= 0.3 is 11.9 Å². The standard InChI is InChI=1S/C6H12O6.C4H6O6.H2O/c7-1-3(9)5(11)6(12)4(10)2-8;5-1(3(7)8)2(6)4(9)10;/h1,3-6,8-12H,2H2;1-2,5-6H,(H,7,8)(H,9,10);1H2/t3-,4+,5+,6+;;/m0../s1. The van der Waals surface area contributed by atoms with Crippen LogP contribution in [0.15, 0.2) is 0 Å². The number of rotatable bonds is 8. The highest BCUT2D eigenvalue weighted by Crippen LogP contribution is 2.02. The number of aliphatic hydroxyl groups excluding tert-OH is 7. The van der Waals surface area contributed by atoms with Gasteiger partial charge in [-0.25, -0.2) is 9.59 Å². The van der Waals surface area contributed by atoms with Gasteiger partial charge in [-0.1, -0.05) is 0 Å². The molecular weight excluding hydrogens is 328 g/mol. The summed E-state index contributed by atoms with van der Waals surface area (Å²) in [6.45, 7) is -0.760. The molecular formula is C10H20O13. The molecule has 13 nitrogen and oxygen atoms in total. The summed E-state index contributed by atoms with van der Waals surface area (Å²) in [7, 11) is 0. The molecule has 0 aromatic rings. The van der Waals surface area contributed by atoms with Crippen LogP contribution in [0, 0.1) is 0 Å². The Bertz CT molecular complexity index is 341. The van der Waals surface area contributed by atoms with E-state index in [9.17, 15) is 14.4 Å². The van der Waals surface area contributed by atoms with Crippen LogP contribution < -0.4 is 0 Å². The second-order valence-electron chi connectivity index (χ2n) is 3.92. The topological polar surface area (TPSA) is 265 Å². The lowest BCUT2D eigenvalue weighted by molar-refractivity contribution is -0.165. The largest absolute Gasteiger partial charge is 0.479 e. The molecule has 23 heavy (non-hydrogen) atoms. The van der Waals surface area contributed by atoms with E-state index in [-0.39, 0.29) is 11.8 Å². The number of hydrogen-bond donors (Lipinski definition) is 9. The second kappa shape index (κ2) is 12.8. The number of aliphatic carboxylic acids is 2. The molecule has 0 fully saturated rings. The van der Waals surface area contributed by atoms with Crippen LogP contribution in [0.25, 0.3) is 0 Å². The summed E-state index contributed by atoms with van der Waals surface area (Å²) in [5.41, 5.74) is 0. The predicted molar refractivity (Wildman–Crippen MR) is 68.1 cm³/mol. The van der Waals surface area contributed by atoms with Crippen molar-refractivity contribution in [3.63, 3.8) is 0 Å². The van der Waals surface area contributed by atoms with Crippen molar-refractivity contribution in [3.8, 4) is 0 Å². The van der Waals surface area contributed by atoms with Gasteiger partial charge in [-0.2, -0.15) is 0 Å². The van der Waals surface area contributed by atoms with Crippen LogP contribution in [-0.4, -0.2) is 113 Å². The predicted octanol–water partition coefficient (Wildman–Crippen LogP) is -6.33. The summed E-state index contributed by atoms with van der Waals surface area (Å²) in [5, 5.41) is 76.1. The van der Waals surface area contributed by atoms with Gasteiger partial charge in [0.05, 0.1) is 6.61 Å². The molecule has 0 heterocycles. The van der Waals surface area contributed by atoms with Crippen molar-refractivity contribution in [2.24, 2.45) is 0 Å². The molecule has 6 atom stereocenters. The molecule has 138 valence electrons. The molecule has 13 heteroatoms. The normalized spacial score (nSPS) is 17.9. The Labute approximate surface area is 128 Å². The van der Waals surface area contributed by atoms with Crippen LogP contribution in [0.5, 0.6) is 0 Å². The fourth-order valence-corrected chi connectivity index (χ4v) is 0.888. The third-order valence-corrected chi connectivity index (χ3v) is 2.23. The number of carbonyl (C=O) groups excluding carboxylic acids is 1. The molecule has 0 bridgehead atoms. The Hall–Kier alpha value is -1.71. The average molecular weight is 348 g/mol. The highest BCUT2D eigenvalue weighted by atomic mass is 16.4. The number of carbonyl (C=O) groups is 3. The molecule has 0 aliphatic rings. The number of hydrogen-bond acceptors (Lipinski definition) is 10. The summed E-state index contributed by atoms with van der Waals surface area (Å²) < 4.78 is 0. The lowest BCUT2D eigenvalue weighted by Gasteiger charge is -2.22. The molecule has 2 unspecified atom stereocenters. The van der Waals surface area contributed by atoms with E-state index >= 15 is 0 Å². The average Bonchev–Trinajstić information content (AvgIpc) is 2.50. The summed E-state index contributed by atoms with van der Waals surface area (Å²) in [6.07, 6.45) is -11.4. The molecule has 0 aromatic carbocycles. The number of aldehydes is 1. The minimum absolute atomic E-state index is 0. The van der Waals surface area contributed by atoms with Gasteiger partial charge in [0.1, 0.15) is 24.4 Å². The van der Waals surface area contributed by atoms with E-state index in [1.54, 1.807) is 0 Å². The molecule has 0 rings (SSSR count). The van der Waals surface area contributed by atoms with Crippen LogP contribution in [-0.2, 0) is 14.4 Å². The van der Waals surface area contributed by atoms with Crippen molar-refractivity contribution in [2.75, 3.05) is 6.61 Å². The Morgan fingerprint density at radius 2 is 1.17 bits per heavy atom. The van der Waals surface area contributed by atoms with Gasteiger partial charge in [0, 0.05) is 0 Å². The van der Waals surface area contributed by atoms with Crippen LogP contribution in [0.1, 0.15) is 0 Å².